The van der Waals surface area contributed by atoms with E-state index in [1.54, 1.807) is 0 Å². The Bertz CT molecular complexity index is 924. The Morgan fingerprint density at radius 3 is 2.17 bits per heavy atom. The number of phenols is 1. The minimum absolute atomic E-state index is 0.432. The number of nitrogens with zero attached hydrogens (tertiary/aromatic N) is 1. The summed E-state index contributed by atoms with van der Waals surface area (Å²) in [7, 11) is 10.2. The molecule has 0 amide bonds. The molecule has 158 valence electrons. The van der Waals surface area contributed by atoms with Gasteiger partial charge in [0.1, 0.15) is 5.75 Å². The number of aryl methyl sites for hydroxylation is 2. The molecule has 3 aromatic carbocycles. The topological polar surface area (TPSA) is 23.5 Å². The molecule has 0 heterocycles. The van der Waals surface area contributed by atoms with Gasteiger partial charge in [-0.1, -0.05) is 82.2 Å². The van der Waals surface area contributed by atoms with Gasteiger partial charge in [-0.05, 0) is 48.0 Å². The number of halogens is 2. The van der Waals surface area contributed by atoms with Crippen molar-refractivity contribution in [2.75, 3.05) is 6.54 Å². The minimum atomic E-state index is -0.556. The first kappa shape index (κ1) is 25.4. The molecule has 0 aliphatic heterocycles. The molecule has 6 heteroatoms. The number of para-hydroxylation sites is 1. The van der Waals surface area contributed by atoms with E-state index in [0.29, 0.717) is 14.3 Å². The predicted octanol–water partition coefficient (Wildman–Crippen LogP) is 6.04. The quantitative estimate of drug-likeness (QED) is 0.319. The second-order valence-electron chi connectivity index (χ2n) is 7.07. The van der Waals surface area contributed by atoms with Crippen LogP contribution in [0, 0.1) is 13.8 Å². The van der Waals surface area contributed by atoms with Crippen molar-refractivity contribution < 1.29 is 22.1 Å². The second-order valence-corrected chi connectivity index (χ2v) is 10.9. The van der Waals surface area contributed by atoms with E-state index < -0.39 is 17.0 Å². The van der Waals surface area contributed by atoms with E-state index in [1.165, 1.54) is 22.0 Å². The summed E-state index contributed by atoms with van der Waals surface area (Å²) in [5, 5.41) is 12.8. The van der Waals surface area contributed by atoms with E-state index >= 15 is 0 Å². The Morgan fingerprint density at radius 2 is 1.50 bits per heavy atom. The average molecular weight is 496 g/mol. The predicted molar refractivity (Wildman–Crippen MR) is 130 cm³/mol. The van der Waals surface area contributed by atoms with Crippen molar-refractivity contribution in [3.8, 4) is 5.75 Å². The molecule has 30 heavy (non-hydrogen) atoms. The van der Waals surface area contributed by atoms with Crippen molar-refractivity contribution in [3.05, 3.63) is 89.0 Å². The molecule has 0 aliphatic rings. The van der Waals surface area contributed by atoms with Gasteiger partial charge in [-0.2, -0.15) is 0 Å². The molecule has 0 radical (unpaired) electrons. The van der Waals surface area contributed by atoms with Crippen molar-refractivity contribution >= 4 is 37.8 Å². The zero-order chi connectivity index (χ0) is 21.9. The number of benzene rings is 3. The van der Waals surface area contributed by atoms with Crippen LogP contribution in [0.3, 0.4) is 0 Å². The summed E-state index contributed by atoms with van der Waals surface area (Å²) >= 11 is -0.556. The summed E-state index contributed by atoms with van der Waals surface area (Å²) < 4.78 is 0. The van der Waals surface area contributed by atoms with Crippen molar-refractivity contribution in [1.82, 2.24) is 4.90 Å². The molecule has 2 nitrogen and oxygen atoms in total. The molecule has 0 bridgehead atoms. The normalized spacial score (nSPS) is 10.9. The maximum atomic E-state index is 10.5. The van der Waals surface area contributed by atoms with Crippen LogP contribution in [0.15, 0.2) is 66.7 Å². The summed E-state index contributed by atoms with van der Waals surface area (Å²) in [6.07, 6.45) is 0. The molecule has 3 rings (SSSR count). The zero-order valence-electron chi connectivity index (χ0n) is 17.6. The van der Waals surface area contributed by atoms with Crippen molar-refractivity contribution in [3.63, 3.8) is 0 Å². The van der Waals surface area contributed by atoms with E-state index in [2.05, 4.69) is 67.3 Å². The number of hydrogen-bond donors (Lipinski definition) is 1. The molecular weight excluding hydrogens is 468 g/mol. The van der Waals surface area contributed by atoms with E-state index in [1.807, 2.05) is 25.1 Å². The number of hydrogen-bond acceptors (Lipinski definition) is 2. The van der Waals surface area contributed by atoms with Gasteiger partial charge in [-0.15, -0.1) is 0 Å². The Morgan fingerprint density at radius 1 is 0.867 bits per heavy atom. The van der Waals surface area contributed by atoms with Crippen LogP contribution in [0.2, 0.25) is 0 Å². The molecule has 0 fully saturated rings. The van der Waals surface area contributed by atoms with Crippen LogP contribution in [0.1, 0.15) is 29.2 Å². The van der Waals surface area contributed by atoms with Crippen LogP contribution in [-0.4, -0.2) is 16.6 Å². The van der Waals surface area contributed by atoms with Crippen LogP contribution in [0.25, 0.3) is 0 Å². The fourth-order valence-electron chi connectivity index (χ4n) is 3.30. The van der Waals surface area contributed by atoms with E-state index in [4.69, 9.17) is 18.6 Å². The van der Waals surface area contributed by atoms with E-state index in [9.17, 15) is 5.11 Å². The van der Waals surface area contributed by atoms with Crippen LogP contribution in [0.4, 0.5) is 0 Å². The molecule has 1 N–H and O–H groups in total. The molecule has 0 saturated carbocycles. The Labute approximate surface area is 199 Å². The zero-order valence-corrected chi connectivity index (χ0v) is 21.7. The Balaban J connectivity index is 0.00000101. The van der Waals surface area contributed by atoms with Gasteiger partial charge in [0.15, 0.2) is 0 Å². The summed E-state index contributed by atoms with van der Waals surface area (Å²) in [5.74, 6) is 0.432. The van der Waals surface area contributed by atoms with E-state index in [0.717, 1.165) is 30.5 Å². The third kappa shape index (κ3) is 7.68. The number of rotatable bonds is 7. The summed E-state index contributed by atoms with van der Waals surface area (Å²) in [4.78, 5) is 2.47. The summed E-state index contributed by atoms with van der Waals surface area (Å²) in [6, 6.07) is 23.2. The molecule has 0 spiro atoms. The molecule has 3 aromatic rings. The molecule has 0 aromatic heterocycles. The van der Waals surface area contributed by atoms with Gasteiger partial charge in [-0.25, -0.2) is 0 Å². The first-order chi connectivity index (χ1) is 14.5. The molecule has 1 atom stereocenters. The standard InChI is InChI=1S/C24H28NOP.2ClH.Ti/c1-4-25(16-20-12-6-5-7-13-20)17-21-14-8-11-19(3)24(21)27-22-15-9-10-18(2)23(22)26;;;/h5-15,26-27H,4,16-17H2,1-3H3;2*1H;/q;;;+2/p-2. The number of aromatic hydroxyl groups is 1. The SMILES string of the molecule is CCN(Cc1ccccc1)Cc1cccc(C)c1Pc1cccc(C)c1O.[Cl][Ti][Cl]. The first-order valence-electron chi connectivity index (χ1n) is 9.86. The van der Waals surface area contributed by atoms with Gasteiger partial charge < -0.3 is 5.11 Å². The van der Waals surface area contributed by atoms with Crippen LogP contribution in [-0.2, 0) is 30.1 Å². The molecular formula is C24H28Cl2NOPTi. The maximum absolute atomic E-state index is 10.5. The molecule has 0 aliphatic carbocycles. The van der Waals surface area contributed by atoms with Gasteiger partial charge in [0.05, 0.1) is 0 Å². The van der Waals surface area contributed by atoms with Gasteiger partial charge in [0, 0.05) is 18.4 Å². The van der Waals surface area contributed by atoms with Crippen molar-refractivity contribution in [2.45, 2.75) is 33.9 Å². The first-order valence-corrected chi connectivity index (χ1v) is 15.2. The summed E-state index contributed by atoms with van der Waals surface area (Å²) in [5.41, 5.74) is 4.93. The third-order valence-corrected chi connectivity index (χ3v) is 6.58. The Kier molecular flexibility index (Phi) is 11.5. The monoisotopic (exact) mass is 495 g/mol. The average Bonchev–Trinajstić information content (AvgIpc) is 2.74. The molecule has 0 saturated heterocycles. The van der Waals surface area contributed by atoms with Gasteiger partial charge in [-0.3, -0.25) is 4.90 Å². The molecule has 1 unspecified atom stereocenters. The summed E-state index contributed by atoms with van der Waals surface area (Å²) in [6.45, 7) is 9.21. The number of phenolic OH excluding ortho intramolecular Hbond substituents is 1. The fraction of sp³-hybridized carbons (Fsp3) is 0.250. The third-order valence-electron chi connectivity index (χ3n) is 4.95. The van der Waals surface area contributed by atoms with Gasteiger partial charge in [0.2, 0.25) is 0 Å². The second kappa shape index (κ2) is 13.5. The van der Waals surface area contributed by atoms with E-state index in [-0.39, 0.29) is 0 Å². The Hall–Kier alpha value is -0.856. The van der Waals surface area contributed by atoms with Crippen LogP contribution < -0.4 is 10.6 Å². The van der Waals surface area contributed by atoms with Crippen molar-refractivity contribution in [1.29, 1.82) is 0 Å². The van der Waals surface area contributed by atoms with Crippen LogP contribution >= 0.6 is 27.2 Å². The fourth-order valence-corrected chi connectivity index (χ4v) is 4.66. The van der Waals surface area contributed by atoms with Crippen LogP contribution in [0.5, 0.6) is 5.75 Å². The van der Waals surface area contributed by atoms with Crippen molar-refractivity contribution in [2.24, 2.45) is 0 Å². The van der Waals surface area contributed by atoms with Gasteiger partial charge >= 0.3 is 35.6 Å². The van der Waals surface area contributed by atoms with Gasteiger partial charge in [0.25, 0.3) is 0 Å².